The normalized spacial score (nSPS) is 33.7. The molecule has 3 aliphatic rings. The molecule has 0 radical (unpaired) electrons. The van der Waals surface area contributed by atoms with Gasteiger partial charge in [-0.2, -0.15) is 5.10 Å². The van der Waals surface area contributed by atoms with Crippen LogP contribution in [0.2, 0.25) is 0 Å². The van der Waals surface area contributed by atoms with Crippen LogP contribution in [-0.2, 0) is 11.2 Å². The van der Waals surface area contributed by atoms with Crippen molar-refractivity contribution in [2.45, 2.75) is 46.0 Å². The summed E-state index contributed by atoms with van der Waals surface area (Å²) in [4.78, 5) is 14.7. The molecule has 0 aromatic carbocycles. The fourth-order valence-corrected chi connectivity index (χ4v) is 5.22. The van der Waals surface area contributed by atoms with Crippen LogP contribution in [0, 0.1) is 37.5 Å². The third kappa shape index (κ3) is 2.11. The van der Waals surface area contributed by atoms with Gasteiger partial charge >= 0.3 is 0 Å². The van der Waals surface area contributed by atoms with E-state index in [1.54, 1.807) is 0 Å². The molecule has 1 aromatic heterocycles. The number of carbonyl (C=O) groups excluding carboxylic acids is 1. The molecular formula is C17H25N3O. The van der Waals surface area contributed by atoms with Crippen molar-refractivity contribution in [2.24, 2.45) is 23.7 Å². The summed E-state index contributed by atoms with van der Waals surface area (Å²) >= 11 is 0. The largest absolute Gasteiger partial charge is 0.342 e. The molecule has 2 heterocycles. The molecule has 1 aromatic rings. The molecule has 2 bridgehead atoms. The average molecular weight is 287 g/mol. The zero-order chi connectivity index (χ0) is 14.6. The monoisotopic (exact) mass is 287 g/mol. The minimum Gasteiger partial charge on any atom is -0.342 e. The molecule has 4 heteroatoms. The third-order valence-electron chi connectivity index (χ3n) is 6.36. The summed E-state index contributed by atoms with van der Waals surface area (Å²) in [6.07, 6.45) is 5.75. The van der Waals surface area contributed by atoms with Crippen molar-refractivity contribution in [2.75, 3.05) is 13.1 Å². The van der Waals surface area contributed by atoms with Crippen LogP contribution in [0.3, 0.4) is 0 Å². The van der Waals surface area contributed by atoms with Gasteiger partial charge in [0.15, 0.2) is 0 Å². The van der Waals surface area contributed by atoms with E-state index in [2.05, 4.69) is 15.1 Å². The Balaban J connectivity index is 1.36. The lowest BCUT2D eigenvalue weighted by Crippen LogP contribution is -2.30. The number of aromatic amines is 1. The van der Waals surface area contributed by atoms with Crippen molar-refractivity contribution in [1.82, 2.24) is 15.1 Å². The van der Waals surface area contributed by atoms with Gasteiger partial charge in [-0.05, 0) is 68.8 Å². The van der Waals surface area contributed by atoms with Gasteiger partial charge in [-0.3, -0.25) is 9.89 Å². The van der Waals surface area contributed by atoms with Gasteiger partial charge in [0.25, 0.3) is 0 Å². The zero-order valence-electron chi connectivity index (χ0n) is 13.1. The van der Waals surface area contributed by atoms with Crippen LogP contribution >= 0.6 is 0 Å². The van der Waals surface area contributed by atoms with Crippen LogP contribution in [0.5, 0.6) is 0 Å². The van der Waals surface area contributed by atoms with Crippen molar-refractivity contribution in [3.05, 3.63) is 17.0 Å². The van der Waals surface area contributed by atoms with Crippen LogP contribution in [0.25, 0.3) is 0 Å². The Morgan fingerprint density at radius 2 is 1.90 bits per heavy atom. The van der Waals surface area contributed by atoms with Gasteiger partial charge in [-0.1, -0.05) is 0 Å². The Morgan fingerprint density at radius 1 is 1.24 bits per heavy atom. The fraction of sp³-hybridized carbons (Fsp3) is 0.765. The van der Waals surface area contributed by atoms with E-state index in [0.717, 1.165) is 54.6 Å². The summed E-state index contributed by atoms with van der Waals surface area (Å²) in [6.45, 7) is 6.13. The number of rotatable bonds is 3. The number of amides is 1. The van der Waals surface area contributed by atoms with Gasteiger partial charge in [0.2, 0.25) is 5.91 Å². The fourth-order valence-electron chi connectivity index (χ4n) is 5.22. The molecule has 2 aliphatic carbocycles. The van der Waals surface area contributed by atoms with Gasteiger partial charge in [0.05, 0.1) is 5.69 Å². The summed E-state index contributed by atoms with van der Waals surface area (Å²) in [5, 5.41) is 7.22. The quantitative estimate of drug-likeness (QED) is 0.928. The van der Waals surface area contributed by atoms with Crippen LogP contribution in [-0.4, -0.2) is 34.1 Å². The van der Waals surface area contributed by atoms with Gasteiger partial charge in [-0.25, -0.2) is 0 Å². The zero-order valence-corrected chi connectivity index (χ0v) is 13.1. The van der Waals surface area contributed by atoms with E-state index >= 15 is 0 Å². The molecule has 2 saturated carbocycles. The summed E-state index contributed by atoms with van der Waals surface area (Å²) in [6, 6.07) is 0. The Hall–Kier alpha value is -1.32. The molecule has 21 heavy (non-hydrogen) atoms. The molecule has 1 amide bonds. The SMILES string of the molecule is Cc1n[nH]c(C)c1CCC(=O)N1C[C@@H]2[C@@H]3CC[C@@H](C3)[C@@H]2C1. The molecule has 114 valence electrons. The van der Waals surface area contributed by atoms with Gasteiger partial charge in [-0.15, -0.1) is 0 Å². The Labute approximate surface area is 126 Å². The predicted molar refractivity (Wildman–Crippen MR) is 80.8 cm³/mol. The molecule has 1 saturated heterocycles. The minimum atomic E-state index is 0.351. The van der Waals surface area contributed by atoms with Gasteiger partial charge in [0.1, 0.15) is 0 Å². The molecule has 0 spiro atoms. The number of hydrogen-bond acceptors (Lipinski definition) is 2. The van der Waals surface area contributed by atoms with E-state index in [1.807, 2.05) is 13.8 Å². The third-order valence-corrected chi connectivity index (χ3v) is 6.36. The van der Waals surface area contributed by atoms with E-state index < -0.39 is 0 Å². The van der Waals surface area contributed by atoms with Crippen LogP contribution in [0.4, 0.5) is 0 Å². The number of fused-ring (bicyclic) bond motifs is 5. The Morgan fingerprint density at radius 3 is 2.48 bits per heavy atom. The maximum Gasteiger partial charge on any atom is 0.222 e. The summed E-state index contributed by atoms with van der Waals surface area (Å²) in [7, 11) is 0. The van der Waals surface area contributed by atoms with Crippen molar-refractivity contribution in [3.63, 3.8) is 0 Å². The molecule has 4 rings (SSSR count). The number of aromatic nitrogens is 2. The number of hydrogen-bond donors (Lipinski definition) is 1. The molecule has 4 atom stereocenters. The van der Waals surface area contributed by atoms with Crippen molar-refractivity contribution >= 4 is 5.91 Å². The lowest BCUT2D eigenvalue weighted by atomic mass is 9.82. The Bertz CT molecular complexity index is 527. The topological polar surface area (TPSA) is 49.0 Å². The van der Waals surface area contributed by atoms with Crippen molar-refractivity contribution in [1.29, 1.82) is 0 Å². The number of likely N-dealkylation sites (tertiary alicyclic amines) is 1. The lowest BCUT2D eigenvalue weighted by Gasteiger charge is -2.22. The van der Waals surface area contributed by atoms with E-state index in [1.165, 1.54) is 24.8 Å². The maximum absolute atomic E-state index is 12.5. The van der Waals surface area contributed by atoms with Crippen molar-refractivity contribution in [3.8, 4) is 0 Å². The van der Waals surface area contributed by atoms with Crippen LogP contribution in [0.1, 0.15) is 42.6 Å². The molecule has 3 fully saturated rings. The molecule has 4 nitrogen and oxygen atoms in total. The highest BCUT2D eigenvalue weighted by atomic mass is 16.2. The molecule has 1 N–H and O–H groups in total. The van der Waals surface area contributed by atoms with E-state index in [-0.39, 0.29) is 0 Å². The first kappa shape index (κ1) is 13.4. The first-order valence-electron chi connectivity index (χ1n) is 8.41. The number of aryl methyl sites for hydroxylation is 2. The second-order valence-corrected chi connectivity index (χ2v) is 7.37. The second-order valence-electron chi connectivity index (χ2n) is 7.37. The number of carbonyl (C=O) groups is 1. The van der Waals surface area contributed by atoms with E-state index in [9.17, 15) is 4.79 Å². The number of nitrogens with one attached hydrogen (secondary N) is 1. The lowest BCUT2D eigenvalue weighted by molar-refractivity contribution is -0.130. The standard InChI is InChI=1S/C17H25N3O/c1-10-14(11(2)19-18-10)5-6-17(21)20-8-15-12-3-4-13(7-12)16(15)9-20/h12-13,15-16H,3-9H2,1-2H3,(H,18,19)/t12-,13+,15-,16+. The summed E-state index contributed by atoms with van der Waals surface area (Å²) in [5.74, 6) is 3.85. The van der Waals surface area contributed by atoms with E-state index in [0.29, 0.717) is 12.3 Å². The van der Waals surface area contributed by atoms with Gasteiger partial charge in [0, 0.05) is 25.2 Å². The highest BCUT2D eigenvalue weighted by Crippen LogP contribution is 2.55. The predicted octanol–water partition coefficient (Wildman–Crippen LogP) is 2.46. The van der Waals surface area contributed by atoms with E-state index in [4.69, 9.17) is 0 Å². The number of H-pyrrole nitrogens is 1. The molecule has 1 aliphatic heterocycles. The smallest absolute Gasteiger partial charge is 0.222 e. The Kier molecular flexibility index (Phi) is 3.09. The van der Waals surface area contributed by atoms with Crippen LogP contribution < -0.4 is 0 Å². The highest BCUT2D eigenvalue weighted by Gasteiger charge is 2.52. The first-order chi connectivity index (χ1) is 10.1. The van der Waals surface area contributed by atoms with Crippen molar-refractivity contribution < 1.29 is 4.79 Å². The average Bonchev–Trinajstić information content (AvgIpc) is 3.19. The molecule has 0 unspecified atom stereocenters. The summed E-state index contributed by atoms with van der Waals surface area (Å²) in [5.41, 5.74) is 3.37. The summed E-state index contributed by atoms with van der Waals surface area (Å²) < 4.78 is 0. The maximum atomic E-state index is 12.5. The first-order valence-corrected chi connectivity index (χ1v) is 8.41. The molecular weight excluding hydrogens is 262 g/mol. The van der Waals surface area contributed by atoms with Crippen LogP contribution in [0.15, 0.2) is 0 Å². The highest BCUT2D eigenvalue weighted by molar-refractivity contribution is 5.77. The minimum absolute atomic E-state index is 0.351. The number of nitrogens with zero attached hydrogens (tertiary/aromatic N) is 2. The second kappa shape index (κ2) is 4.85. The van der Waals surface area contributed by atoms with Gasteiger partial charge < -0.3 is 4.90 Å².